The molecule has 132 valence electrons. The molecule has 10 heteroatoms. The number of nitrogens with zero attached hydrogens (tertiary/aromatic N) is 2. The van der Waals surface area contributed by atoms with Crippen molar-refractivity contribution < 1.29 is 29.6 Å². The molecule has 25 heavy (non-hydrogen) atoms. The summed E-state index contributed by atoms with van der Waals surface area (Å²) in [5.41, 5.74) is -1.08. The Balaban J connectivity index is 2.49. The summed E-state index contributed by atoms with van der Waals surface area (Å²) in [7, 11) is 1.39. The molecule has 1 amide bonds. The van der Waals surface area contributed by atoms with Gasteiger partial charge in [0.15, 0.2) is 17.5 Å². The fraction of sp³-hybridized carbons (Fsp3) is 0.200. The van der Waals surface area contributed by atoms with Gasteiger partial charge in [-0.25, -0.2) is 4.79 Å². The Morgan fingerprint density at radius 1 is 1.36 bits per heavy atom. The van der Waals surface area contributed by atoms with E-state index in [1.54, 1.807) is 18.2 Å². The Morgan fingerprint density at radius 3 is 2.64 bits per heavy atom. The highest BCUT2D eigenvalue weighted by Gasteiger charge is 2.24. The van der Waals surface area contributed by atoms with Gasteiger partial charge >= 0.3 is 5.97 Å². The van der Waals surface area contributed by atoms with Crippen LogP contribution in [0, 0.1) is 0 Å². The minimum absolute atomic E-state index is 0.223. The quantitative estimate of drug-likeness (QED) is 0.525. The maximum atomic E-state index is 12.1. The van der Waals surface area contributed by atoms with Gasteiger partial charge in [-0.2, -0.15) is 9.78 Å². The third-order valence-electron chi connectivity index (χ3n) is 3.23. The Labute approximate surface area is 140 Å². The minimum Gasteiger partial charge on any atom is -0.505 e. The SMILES string of the molecule is COc1ccccc1-n1nc(C(=O)NC(CO)C(=O)O)c(O)cc1=O. The number of para-hydroxylation sites is 2. The number of aromatic hydroxyl groups is 1. The van der Waals surface area contributed by atoms with Crippen molar-refractivity contribution >= 4 is 11.9 Å². The van der Waals surface area contributed by atoms with Crippen molar-refractivity contribution in [1.29, 1.82) is 0 Å². The number of amides is 1. The molecule has 0 aliphatic carbocycles. The van der Waals surface area contributed by atoms with Crippen molar-refractivity contribution in [3.63, 3.8) is 0 Å². The Kier molecular flexibility index (Phi) is 5.35. The molecule has 0 aliphatic heterocycles. The highest BCUT2D eigenvalue weighted by atomic mass is 16.5. The van der Waals surface area contributed by atoms with Gasteiger partial charge in [-0.1, -0.05) is 12.1 Å². The third-order valence-corrected chi connectivity index (χ3v) is 3.23. The zero-order valence-electron chi connectivity index (χ0n) is 13.0. The molecule has 0 aliphatic rings. The van der Waals surface area contributed by atoms with Crippen LogP contribution in [-0.4, -0.2) is 56.7 Å². The van der Waals surface area contributed by atoms with Crippen LogP contribution in [0.5, 0.6) is 11.5 Å². The second-order valence-electron chi connectivity index (χ2n) is 4.85. The van der Waals surface area contributed by atoms with E-state index in [2.05, 4.69) is 5.10 Å². The number of aliphatic hydroxyl groups excluding tert-OH is 1. The van der Waals surface area contributed by atoms with Crippen molar-refractivity contribution in [3.8, 4) is 17.2 Å². The smallest absolute Gasteiger partial charge is 0.328 e. The first-order valence-electron chi connectivity index (χ1n) is 7.00. The predicted octanol–water partition coefficient (Wildman–Crippen LogP) is -0.878. The van der Waals surface area contributed by atoms with Crippen LogP contribution in [0.4, 0.5) is 0 Å². The Hall–Kier alpha value is -3.40. The van der Waals surface area contributed by atoms with E-state index in [4.69, 9.17) is 14.9 Å². The molecule has 1 aromatic carbocycles. The van der Waals surface area contributed by atoms with Gasteiger partial charge in [0, 0.05) is 6.07 Å². The summed E-state index contributed by atoms with van der Waals surface area (Å²) in [6.07, 6.45) is 0. The standard InChI is InChI=1S/C15H15N3O7/c1-25-11-5-3-2-4-9(11)18-12(21)6-10(20)13(17-18)14(22)16-8(7-19)15(23)24/h2-6,8,19-20H,7H2,1H3,(H,16,22)(H,23,24). The summed E-state index contributed by atoms with van der Waals surface area (Å²) in [6, 6.07) is 5.55. The summed E-state index contributed by atoms with van der Waals surface area (Å²) in [5.74, 6) is -2.96. The Morgan fingerprint density at radius 2 is 2.04 bits per heavy atom. The molecule has 0 saturated carbocycles. The number of aliphatic hydroxyl groups is 1. The van der Waals surface area contributed by atoms with Crippen LogP contribution in [0.1, 0.15) is 10.5 Å². The van der Waals surface area contributed by atoms with Crippen molar-refractivity contribution in [2.75, 3.05) is 13.7 Å². The molecule has 0 bridgehead atoms. The molecule has 2 rings (SSSR count). The van der Waals surface area contributed by atoms with Gasteiger partial charge in [0.2, 0.25) is 0 Å². The first-order valence-corrected chi connectivity index (χ1v) is 7.00. The predicted molar refractivity (Wildman–Crippen MR) is 84.0 cm³/mol. The second kappa shape index (κ2) is 7.45. The number of hydrogen-bond acceptors (Lipinski definition) is 7. The summed E-state index contributed by atoms with van der Waals surface area (Å²) >= 11 is 0. The van der Waals surface area contributed by atoms with Gasteiger partial charge in [0.1, 0.15) is 11.4 Å². The zero-order chi connectivity index (χ0) is 18.6. The molecule has 1 unspecified atom stereocenters. The number of methoxy groups -OCH3 is 1. The van der Waals surface area contributed by atoms with E-state index in [0.717, 1.165) is 10.7 Å². The summed E-state index contributed by atoms with van der Waals surface area (Å²) in [4.78, 5) is 35.1. The number of carbonyl (C=O) groups excluding carboxylic acids is 1. The number of aliphatic carboxylic acids is 1. The van der Waals surface area contributed by atoms with E-state index in [9.17, 15) is 19.5 Å². The third kappa shape index (κ3) is 3.75. The highest BCUT2D eigenvalue weighted by Crippen LogP contribution is 2.21. The molecule has 4 N–H and O–H groups in total. The fourth-order valence-corrected chi connectivity index (χ4v) is 2.00. The number of carboxylic acids is 1. The molecule has 2 aromatic rings. The molecule has 1 heterocycles. The lowest BCUT2D eigenvalue weighted by Gasteiger charge is -2.14. The van der Waals surface area contributed by atoms with Gasteiger partial charge in [0.25, 0.3) is 11.5 Å². The van der Waals surface area contributed by atoms with Crippen LogP contribution >= 0.6 is 0 Å². The van der Waals surface area contributed by atoms with Crippen LogP contribution in [0.15, 0.2) is 35.1 Å². The summed E-state index contributed by atoms with van der Waals surface area (Å²) < 4.78 is 5.96. The topological polar surface area (TPSA) is 151 Å². The van der Waals surface area contributed by atoms with Crippen molar-refractivity contribution in [1.82, 2.24) is 15.1 Å². The fourth-order valence-electron chi connectivity index (χ4n) is 2.00. The number of carbonyl (C=O) groups is 2. The molecule has 0 spiro atoms. The molecular weight excluding hydrogens is 334 g/mol. The van der Waals surface area contributed by atoms with E-state index in [-0.39, 0.29) is 5.69 Å². The Bertz CT molecular complexity index is 862. The summed E-state index contributed by atoms with van der Waals surface area (Å²) in [6.45, 7) is -0.853. The normalized spacial score (nSPS) is 11.6. The molecule has 1 aromatic heterocycles. The van der Waals surface area contributed by atoms with Gasteiger partial charge < -0.3 is 25.4 Å². The van der Waals surface area contributed by atoms with Crippen LogP contribution in [0.2, 0.25) is 0 Å². The molecule has 1 atom stereocenters. The molecule has 0 fully saturated rings. The van der Waals surface area contributed by atoms with E-state index in [0.29, 0.717) is 5.75 Å². The maximum absolute atomic E-state index is 12.1. The molecule has 0 saturated heterocycles. The average Bonchev–Trinajstić information content (AvgIpc) is 2.59. The van der Waals surface area contributed by atoms with Crippen molar-refractivity contribution in [3.05, 3.63) is 46.4 Å². The van der Waals surface area contributed by atoms with Gasteiger partial charge in [0.05, 0.1) is 13.7 Å². The van der Waals surface area contributed by atoms with Crippen LogP contribution in [-0.2, 0) is 4.79 Å². The van der Waals surface area contributed by atoms with Crippen molar-refractivity contribution in [2.24, 2.45) is 0 Å². The van der Waals surface area contributed by atoms with Crippen LogP contribution in [0.25, 0.3) is 5.69 Å². The average molecular weight is 349 g/mol. The minimum atomic E-state index is -1.58. The summed E-state index contributed by atoms with van der Waals surface area (Å²) in [5, 5.41) is 33.4. The van der Waals surface area contributed by atoms with Gasteiger partial charge in [-0.15, -0.1) is 0 Å². The number of rotatable bonds is 6. The van der Waals surface area contributed by atoms with Crippen LogP contribution < -0.4 is 15.6 Å². The highest BCUT2D eigenvalue weighted by molar-refractivity contribution is 5.97. The molecule has 0 radical (unpaired) electrons. The monoisotopic (exact) mass is 349 g/mol. The molecular formula is C15H15N3O7. The van der Waals surface area contributed by atoms with E-state index in [1.807, 2.05) is 5.32 Å². The van der Waals surface area contributed by atoms with Gasteiger partial charge in [-0.05, 0) is 12.1 Å². The first-order chi connectivity index (χ1) is 11.9. The number of benzene rings is 1. The first kappa shape index (κ1) is 17.9. The molecule has 10 nitrogen and oxygen atoms in total. The number of nitrogens with one attached hydrogen (secondary N) is 1. The number of aromatic nitrogens is 2. The van der Waals surface area contributed by atoms with Crippen LogP contribution in [0.3, 0.4) is 0 Å². The largest absolute Gasteiger partial charge is 0.505 e. The lowest BCUT2D eigenvalue weighted by atomic mass is 10.2. The second-order valence-corrected chi connectivity index (χ2v) is 4.85. The van der Waals surface area contributed by atoms with E-state index >= 15 is 0 Å². The lowest BCUT2D eigenvalue weighted by Crippen LogP contribution is -2.44. The maximum Gasteiger partial charge on any atom is 0.328 e. The van der Waals surface area contributed by atoms with Gasteiger partial charge in [-0.3, -0.25) is 9.59 Å². The number of ether oxygens (including phenoxy) is 1. The zero-order valence-corrected chi connectivity index (χ0v) is 13.0. The van der Waals surface area contributed by atoms with E-state index in [1.165, 1.54) is 13.2 Å². The lowest BCUT2D eigenvalue weighted by molar-refractivity contribution is -0.140. The van der Waals surface area contributed by atoms with E-state index < -0.39 is 41.5 Å². The van der Waals surface area contributed by atoms with Crippen molar-refractivity contribution in [2.45, 2.75) is 6.04 Å². The number of carboxylic acid groups (broad SMARTS) is 1. The number of hydrogen-bond donors (Lipinski definition) is 4.